The van der Waals surface area contributed by atoms with Crippen LogP contribution in [0, 0.1) is 18.8 Å². The number of aryl methyl sites for hydroxylation is 1. The lowest BCUT2D eigenvalue weighted by Gasteiger charge is -2.20. The van der Waals surface area contributed by atoms with Crippen molar-refractivity contribution in [3.8, 4) is 5.75 Å². The Morgan fingerprint density at radius 2 is 1.95 bits per heavy atom. The van der Waals surface area contributed by atoms with E-state index in [0.717, 1.165) is 5.56 Å². The van der Waals surface area contributed by atoms with Gasteiger partial charge in [-0.3, -0.25) is 0 Å². The summed E-state index contributed by atoms with van der Waals surface area (Å²) >= 11 is 5.93. The molecule has 0 fully saturated rings. The molecule has 1 atom stereocenters. The first-order valence-corrected chi connectivity index (χ1v) is 8.86. The van der Waals surface area contributed by atoms with Gasteiger partial charge in [-0.05, 0) is 36.6 Å². The van der Waals surface area contributed by atoms with Gasteiger partial charge in [-0.15, -0.1) is 0 Å². The fourth-order valence-corrected chi connectivity index (χ4v) is 3.19. The molecule has 0 radical (unpaired) electrons. The molecule has 0 aliphatic heterocycles. The minimum absolute atomic E-state index is 0.0845. The topological polar surface area (TPSA) is 43.4 Å². The molecule has 0 amide bonds. The summed E-state index contributed by atoms with van der Waals surface area (Å²) in [5.41, 5.74) is 0.922. The zero-order chi connectivity index (χ0) is 14.6. The average Bonchev–Trinajstić information content (AvgIpc) is 2.27. The Morgan fingerprint density at radius 3 is 2.42 bits per heavy atom. The summed E-state index contributed by atoms with van der Waals surface area (Å²) in [5.74, 6) is 0.624. The number of rotatable bonds is 6. The highest BCUT2D eigenvalue weighted by molar-refractivity contribution is 8.13. The Morgan fingerprint density at radius 1 is 1.32 bits per heavy atom. The van der Waals surface area contributed by atoms with Crippen molar-refractivity contribution in [3.05, 3.63) is 28.8 Å². The van der Waals surface area contributed by atoms with E-state index in [-0.39, 0.29) is 17.6 Å². The Kier molecular flexibility index (Phi) is 5.96. The third kappa shape index (κ3) is 6.02. The Labute approximate surface area is 124 Å². The van der Waals surface area contributed by atoms with Crippen LogP contribution in [0.5, 0.6) is 5.75 Å². The van der Waals surface area contributed by atoms with Gasteiger partial charge in [0.05, 0.1) is 12.4 Å². The molecule has 0 saturated carbocycles. The maximum atomic E-state index is 11.1. The van der Waals surface area contributed by atoms with E-state index >= 15 is 0 Å². The second kappa shape index (κ2) is 6.82. The number of halogens is 2. The summed E-state index contributed by atoms with van der Waals surface area (Å²) in [5, 5.41) is 0.677. The second-order valence-corrected chi connectivity index (χ2v) is 8.16. The van der Waals surface area contributed by atoms with E-state index in [1.807, 2.05) is 26.8 Å². The lowest BCUT2D eigenvalue weighted by atomic mass is 9.99. The van der Waals surface area contributed by atoms with Gasteiger partial charge in [0.25, 0.3) is 0 Å². The molecule has 0 aromatic heterocycles. The van der Waals surface area contributed by atoms with Crippen molar-refractivity contribution in [1.29, 1.82) is 0 Å². The van der Waals surface area contributed by atoms with Gasteiger partial charge >= 0.3 is 0 Å². The minimum atomic E-state index is -3.52. The van der Waals surface area contributed by atoms with Crippen LogP contribution in [0.15, 0.2) is 18.2 Å². The lowest BCUT2D eigenvalue weighted by Crippen LogP contribution is -2.24. The summed E-state index contributed by atoms with van der Waals surface area (Å²) < 4.78 is 27.9. The Hall–Kier alpha value is -0.450. The molecule has 108 valence electrons. The van der Waals surface area contributed by atoms with Gasteiger partial charge in [0, 0.05) is 21.6 Å². The van der Waals surface area contributed by atoms with Gasteiger partial charge in [-0.25, -0.2) is 8.42 Å². The van der Waals surface area contributed by atoms with Crippen molar-refractivity contribution >= 4 is 31.3 Å². The van der Waals surface area contributed by atoms with Gasteiger partial charge in [0.1, 0.15) is 5.75 Å². The van der Waals surface area contributed by atoms with Gasteiger partial charge in [0.15, 0.2) is 0 Å². The van der Waals surface area contributed by atoms with Gasteiger partial charge in [-0.1, -0.05) is 25.4 Å². The van der Waals surface area contributed by atoms with Crippen molar-refractivity contribution < 1.29 is 13.2 Å². The second-order valence-electron chi connectivity index (χ2n) is 4.93. The molecular weight excluding hydrogens is 307 g/mol. The number of hydrogen-bond donors (Lipinski definition) is 0. The molecule has 0 bridgehead atoms. The van der Waals surface area contributed by atoms with Crippen LogP contribution in [0.4, 0.5) is 0 Å². The number of ether oxygens (including phenoxy) is 1. The van der Waals surface area contributed by atoms with Crippen LogP contribution in [0.3, 0.4) is 0 Å². The fraction of sp³-hybridized carbons (Fsp3) is 0.538. The van der Waals surface area contributed by atoms with Gasteiger partial charge in [-0.2, -0.15) is 0 Å². The first kappa shape index (κ1) is 16.6. The molecule has 6 heteroatoms. The van der Waals surface area contributed by atoms with Crippen molar-refractivity contribution in [1.82, 2.24) is 0 Å². The number of benzene rings is 1. The molecule has 1 rings (SSSR count). The fourth-order valence-electron chi connectivity index (χ4n) is 1.60. The van der Waals surface area contributed by atoms with Crippen molar-refractivity contribution in [3.63, 3.8) is 0 Å². The first-order valence-electron chi connectivity index (χ1n) is 6.00. The van der Waals surface area contributed by atoms with Crippen LogP contribution in [0.1, 0.15) is 19.4 Å². The maximum Gasteiger partial charge on any atom is 0.233 e. The smallest absolute Gasteiger partial charge is 0.233 e. The van der Waals surface area contributed by atoms with Crippen LogP contribution in [-0.2, 0) is 9.05 Å². The predicted molar refractivity (Wildman–Crippen MR) is 79.7 cm³/mol. The molecule has 0 N–H and O–H groups in total. The van der Waals surface area contributed by atoms with E-state index in [2.05, 4.69) is 0 Å². The normalized spacial score (nSPS) is 13.6. The summed E-state index contributed by atoms with van der Waals surface area (Å²) in [6, 6.07) is 5.35. The molecule has 3 nitrogen and oxygen atoms in total. The standard InChI is InChI=1S/C13H18Cl2O3S/c1-9(2)11(8-19(15,16)17)7-18-12-4-5-13(14)10(3)6-12/h4-6,9,11H,7-8H2,1-3H3. The molecule has 19 heavy (non-hydrogen) atoms. The largest absolute Gasteiger partial charge is 0.493 e. The van der Waals surface area contributed by atoms with E-state index < -0.39 is 9.05 Å². The summed E-state index contributed by atoms with van der Waals surface area (Å²) in [4.78, 5) is 0. The highest BCUT2D eigenvalue weighted by Gasteiger charge is 2.21. The van der Waals surface area contributed by atoms with E-state index in [4.69, 9.17) is 27.0 Å². The molecule has 0 aliphatic carbocycles. The van der Waals surface area contributed by atoms with Crippen LogP contribution in [0.25, 0.3) is 0 Å². The minimum Gasteiger partial charge on any atom is -0.493 e. The maximum absolute atomic E-state index is 11.1. The zero-order valence-corrected chi connectivity index (χ0v) is 13.5. The van der Waals surface area contributed by atoms with Crippen molar-refractivity contribution in [2.24, 2.45) is 11.8 Å². The van der Waals surface area contributed by atoms with Crippen LogP contribution >= 0.6 is 22.3 Å². The first-order chi connectivity index (χ1) is 8.69. The Balaban J connectivity index is 2.68. The molecule has 0 saturated heterocycles. The summed E-state index contributed by atoms with van der Waals surface area (Å²) in [6.07, 6.45) is 0. The van der Waals surface area contributed by atoms with Crippen LogP contribution in [0.2, 0.25) is 5.02 Å². The SMILES string of the molecule is Cc1cc(OCC(CS(=O)(=O)Cl)C(C)C)ccc1Cl. The van der Waals surface area contributed by atoms with E-state index in [1.54, 1.807) is 12.1 Å². The predicted octanol–water partition coefficient (Wildman–Crippen LogP) is 3.87. The number of hydrogen-bond acceptors (Lipinski definition) is 3. The van der Waals surface area contributed by atoms with Gasteiger partial charge < -0.3 is 4.74 Å². The van der Waals surface area contributed by atoms with Crippen LogP contribution in [-0.4, -0.2) is 20.8 Å². The quantitative estimate of drug-likeness (QED) is 0.746. The van der Waals surface area contributed by atoms with Crippen LogP contribution < -0.4 is 4.74 Å². The zero-order valence-electron chi connectivity index (χ0n) is 11.2. The lowest BCUT2D eigenvalue weighted by molar-refractivity contribution is 0.225. The van der Waals surface area contributed by atoms with E-state index in [9.17, 15) is 8.42 Å². The summed E-state index contributed by atoms with van der Waals surface area (Å²) in [6.45, 7) is 6.09. The molecule has 1 aromatic rings. The third-order valence-electron chi connectivity index (χ3n) is 2.95. The summed E-state index contributed by atoms with van der Waals surface area (Å²) in [7, 11) is 1.78. The Bertz CT molecular complexity index is 527. The molecule has 1 aromatic carbocycles. The van der Waals surface area contributed by atoms with E-state index in [1.165, 1.54) is 0 Å². The van der Waals surface area contributed by atoms with Crippen molar-refractivity contribution in [2.75, 3.05) is 12.4 Å². The average molecular weight is 325 g/mol. The molecular formula is C13H18Cl2O3S. The highest BCUT2D eigenvalue weighted by atomic mass is 35.7. The molecule has 0 heterocycles. The van der Waals surface area contributed by atoms with Crippen molar-refractivity contribution in [2.45, 2.75) is 20.8 Å². The van der Waals surface area contributed by atoms with Gasteiger partial charge in [0.2, 0.25) is 9.05 Å². The third-order valence-corrected chi connectivity index (χ3v) is 4.58. The molecule has 0 spiro atoms. The van der Waals surface area contributed by atoms with E-state index in [0.29, 0.717) is 17.4 Å². The monoisotopic (exact) mass is 324 g/mol. The highest BCUT2D eigenvalue weighted by Crippen LogP contribution is 2.23. The molecule has 1 unspecified atom stereocenters. The molecule has 0 aliphatic rings.